The van der Waals surface area contributed by atoms with E-state index in [2.05, 4.69) is 15.4 Å². The molecule has 1 aromatic rings. The number of ether oxygens (including phenoxy) is 1. The zero-order valence-corrected chi connectivity index (χ0v) is 12.6. The first-order valence-corrected chi connectivity index (χ1v) is 6.52. The topological polar surface area (TPSA) is 69.0 Å². The molecule has 1 atom stereocenters. The molecule has 0 saturated carbocycles. The second-order valence-electron chi connectivity index (χ2n) is 5.30. The fourth-order valence-corrected chi connectivity index (χ4v) is 2.20. The molecule has 0 amide bonds. The molecule has 0 aliphatic heterocycles. The van der Waals surface area contributed by atoms with Crippen molar-refractivity contribution in [3.05, 3.63) is 11.6 Å². The lowest BCUT2D eigenvalue weighted by atomic mass is 9.96. The van der Waals surface area contributed by atoms with Crippen molar-refractivity contribution in [1.82, 2.24) is 20.1 Å². The first-order chi connectivity index (χ1) is 8.78. The van der Waals surface area contributed by atoms with Gasteiger partial charge in [0.2, 0.25) is 0 Å². The summed E-state index contributed by atoms with van der Waals surface area (Å²) in [5.74, 6) is 1.35. The first-order valence-electron chi connectivity index (χ1n) is 6.52. The summed E-state index contributed by atoms with van der Waals surface area (Å²) in [5.41, 5.74) is -0.713. The molecule has 0 bridgehead atoms. The van der Waals surface area contributed by atoms with Crippen molar-refractivity contribution in [2.75, 3.05) is 7.11 Å². The highest BCUT2D eigenvalue weighted by Crippen LogP contribution is 2.15. The van der Waals surface area contributed by atoms with Gasteiger partial charge < -0.3 is 4.74 Å². The quantitative estimate of drug-likeness (QED) is 0.785. The smallest absolute Gasteiger partial charge is 0.325 e. The summed E-state index contributed by atoms with van der Waals surface area (Å²) in [4.78, 5) is 16.2. The van der Waals surface area contributed by atoms with E-state index in [9.17, 15) is 4.79 Å². The van der Waals surface area contributed by atoms with E-state index in [0.29, 0.717) is 13.0 Å². The number of nitrogens with one attached hydrogen (secondary N) is 1. The number of methoxy groups -OCH3 is 1. The molecule has 0 saturated heterocycles. The minimum Gasteiger partial charge on any atom is -0.468 e. The van der Waals surface area contributed by atoms with Gasteiger partial charge in [0, 0.05) is 12.6 Å². The molecule has 0 fully saturated rings. The van der Waals surface area contributed by atoms with E-state index >= 15 is 0 Å². The van der Waals surface area contributed by atoms with E-state index in [-0.39, 0.29) is 12.0 Å². The third-order valence-electron chi connectivity index (χ3n) is 3.03. The Kier molecular flexibility index (Phi) is 5.05. The van der Waals surface area contributed by atoms with Crippen LogP contribution in [0.2, 0.25) is 0 Å². The molecule has 0 spiro atoms. The lowest BCUT2D eigenvalue weighted by Gasteiger charge is -2.30. The fourth-order valence-electron chi connectivity index (χ4n) is 2.20. The van der Waals surface area contributed by atoms with Crippen LogP contribution in [0.4, 0.5) is 0 Å². The lowest BCUT2D eigenvalue weighted by Crippen LogP contribution is -2.53. The Hall–Kier alpha value is -1.43. The molecule has 19 heavy (non-hydrogen) atoms. The van der Waals surface area contributed by atoms with E-state index in [0.717, 1.165) is 11.6 Å². The van der Waals surface area contributed by atoms with Gasteiger partial charge in [-0.25, -0.2) is 4.98 Å². The van der Waals surface area contributed by atoms with Crippen molar-refractivity contribution < 1.29 is 9.53 Å². The van der Waals surface area contributed by atoms with Crippen molar-refractivity contribution in [3.8, 4) is 0 Å². The van der Waals surface area contributed by atoms with Crippen LogP contribution in [0, 0.1) is 13.8 Å². The average Bonchev–Trinajstić information content (AvgIpc) is 2.63. The van der Waals surface area contributed by atoms with Gasteiger partial charge in [0.15, 0.2) is 0 Å². The lowest BCUT2D eigenvalue weighted by molar-refractivity contribution is -0.148. The minimum absolute atomic E-state index is 0.197. The molecule has 0 radical (unpaired) electrons. The van der Waals surface area contributed by atoms with Gasteiger partial charge in [0.05, 0.1) is 7.11 Å². The monoisotopic (exact) mass is 268 g/mol. The van der Waals surface area contributed by atoms with E-state index in [4.69, 9.17) is 4.74 Å². The molecule has 0 aliphatic rings. The normalized spacial score (nSPS) is 14.5. The standard InChI is InChI=1S/C13H24N4O2/c1-9(2)15-13(5,12(18)19-6)7-8-17-11(4)14-10(3)16-17/h9,15H,7-8H2,1-6H3. The Bertz CT molecular complexity index is 442. The maximum atomic E-state index is 12.0. The molecule has 0 aliphatic carbocycles. The molecule has 108 valence electrons. The highest BCUT2D eigenvalue weighted by Gasteiger charge is 2.34. The fraction of sp³-hybridized carbons (Fsp3) is 0.769. The predicted octanol–water partition coefficient (Wildman–Crippen LogP) is 1.21. The second kappa shape index (κ2) is 6.14. The number of carbonyl (C=O) groups is 1. The molecule has 1 heterocycles. The molecule has 1 rings (SSSR count). The maximum Gasteiger partial charge on any atom is 0.325 e. The summed E-state index contributed by atoms with van der Waals surface area (Å²) in [6.07, 6.45) is 0.599. The van der Waals surface area contributed by atoms with Crippen molar-refractivity contribution in [3.63, 3.8) is 0 Å². The Morgan fingerprint density at radius 1 is 1.47 bits per heavy atom. The largest absolute Gasteiger partial charge is 0.468 e. The number of aryl methyl sites for hydroxylation is 3. The Morgan fingerprint density at radius 3 is 2.53 bits per heavy atom. The van der Waals surface area contributed by atoms with Crippen LogP contribution < -0.4 is 5.32 Å². The number of aromatic nitrogens is 3. The Labute approximate surface area is 114 Å². The number of rotatable bonds is 6. The number of hydrogen-bond donors (Lipinski definition) is 1. The van der Waals surface area contributed by atoms with Gasteiger partial charge in [0.25, 0.3) is 0 Å². The summed E-state index contributed by atoms with van der Waals surface area (Å²) >= 11 is 0. The molecule has 1 aromatic heterocycles. The van der Waals surface area contributed by atoms with Crippen molar-refractivity contribution in [2.45, 2.75) is 59.2 Å². The van der Waals surface area contributed by atoms with Gasteiger partial charge in [-0.05, 0) is 41.0 Å². The van der Waals surface area contributed by atoms with E-state index in [1.165, 1.54) is 7.11 Å². The first kappa shape index (κ1) is 15.6. The predicted molar refractivity (Wildman–Crippen MR) is 72.8 cm³/mol. The summed E-state index contributed by atoms with van der Waals surface area (Å²) in [6.45, 7) is 10.3. The molecule has 1 N–H and O–H groups in total. The van der Waals surface area contributed by atoms with Crippen LogP contribution in [-0.2, 0) is 16.1 Å². The molecular weight excluding hydrogens is 244 g/mol. The van der Waals surface area contributed by atoms with Crippen LogP contribution in [0.15, 0.2) is 0 Å². The van der Waals surface area contributed by atoms with Crippen LogP contribution in [0.3, 0.4) is 0 Å². The van der Waals surface area contributed by atoms with Crippen molar-refractivity contribution in [2.24, 2.45) is 0 Å². The van der Waals surface area contributed by atoms with Gasteiger partial charge in [-0.3, -0.25) is 14.8 Å². The highest BCUT2D eigenvalue weighted by molar-refractivity contribution is 5.80. The number of esters is 1. The summed E-state index contributed by atoms with van der Waals surface area (Å²) in [5, 5.41) is 7.57. The summed E-state index contributed by atoms with van der Waals surface area (Å²) < 4.78 is 6.71. The number of nitrogens with zero attached hydrogens (tertiary/aromatic N) is 3. The third kappa shape index (κ3) is 4.02. The Morgan fingerprint density at radius 2 is 2.11 bits per heavy atom. The average molecular weight is 268 g/mol. The summed E-state index contributed by atoms with van der Waals surface area (Å²) in [6, 6.07) is 0.197. The van der Waals surface area contributed by atoms with Crippen molar-refractivity contribution >= 4 is 5.97 Å². The minimum atomic E-state index is -0.713. The van der Waals surface area contributed by atoms with Gasteiger partial charge in [0.1, 0.15) is 17.2 Å². The van der Waals surface area contributed by atoms with E-state index in [1.807, 2.05) is 39.3 Å². The zero-order valence-electron chi connectivity index (χ0n) is 12.6. The van der Waals surface area contributed by atoms with Crippen molar-refractivity contribution in [1.29, 1.82) is 0 Å². The molecule has 6 nitrogen and oxygen atoms in total. The summed E-state index contributed by atoms with van der Waals surface area (Å²) in [7, 11) is 1.41. The van der Waals surface area contributed by atoms with E-state index < -0.39 is 5.54 Å². The molecular formula is C13H24N4O2. The van der Waals surface area contributed by atoms with Crippen LogP contribution in [-0.4, -0.2) is 39.4 Å². The number of hydrogen-bond acceptors (Lipinski definition) is 5. The maximum absolute atomic E-state index is 12.0. The molecule has 1 unspecified atom stereocenters. The van der Waals surface area contributed by atoms with Crippen LogP contribution in [0.5, 0.6) is 0 Å². The SMILES string of the molecule is COC(=O)C(C)(CCn1nc(C)nc1C)NC(C)C. The second-order valence-corrected chi connectivity index (χ2v) is 5.30. The number of carbonyl (C=O) groups excluding carboxylic acids is 1. The van der Waals surface area contributed by atoms with Gasteiger partial charge >= 0.3 is 5.97 Å². The van der Waals surface area contributed by atoms with E-state index in [1.54, 1.807) is 0 Å². The van der Waals surface area contributed by atoms with Gasteiger partial charge in [-0.15, -0.1) is 0 Å². The van der Waals surface area contributed by atoms with Crippen LogP contribution in [0.1, 0.15) is 38.8 Å². The highest BCUT2D eigenvalue weighted by atomic mass is 16.5. The Balaban J connectivity index is 2.78. The van der Waals surface area contributed by atoms with Crippen LogP contribution >= 0.6 is 0 Å². The third-order valence-corrected chi connectivity index (χ3v) is 3.03. The molecule has 6 heteroatoms. The molecule has 0 aromatic carbocycles. The van der Waals surface area contributed by atoms with Gasteiger partial charge in [-0.1, -0.05) is 0 Å². The van der Waals surface area contributed by atoms with Crippen LogP contribution in [0.25, 0.3) is 0 Å². The zero-order chi connectivity index (χ0) is 14.6. The van der Waals surface area contributed by atoms with Gasteiger partial charge in [-0.2, -0.15) is 5.10 Å².